The van der Waals surface area contributed by atoms with Crippen molar-refractivity contribution < 1.29 is 14.0 Å². The molecule has 0 aliphatic carbocycles. The van der Waals surface area contributed by atoms with Gasteiger partial charge >= 0.3 is 0 Å². The van der Waals surface area contributed by atoms with Gasteiger partial charge in [-0.2, -0.15) is 0 Å². The van der Waals surface area contributed by atoms with E-state index < -0.39 is 0 Å². The van der Waals surface area contributed by atoms with Crippen molar-refractivity contribution in [2.24, 2.45) is 5.92 Å². The molecule has 6 heteroatoms. The van der Waals surface area contributed by atoms with E-state index in [1.54, 1.807) is 12.1 Å². The Bertz CT molecular complexity index is 503. The predicted molar refractivity (Wildman–Crippen MR) is 88.3 cm³/mol. The summed E-state index contributed by atoms with van der Waals surface area (Å²) in [6.07, 6.45) is 0.856. The van der Waals surface area contributed by atoms with E-state index in [9.17, 15) is 14.0 Å². The molecule has 1 atom stereocenters. The van der Waals surface area contributed by atoms with Crippen molar-refractivity contribution in [1.29, 1.82) is 0 Å². The van der Waals surface area contributed by atoms with Crippen LogP contribution in [0.15, 0.2) is 24.3 Å². The standard InChI is InChI=1S/C17H26FN3O2/c1-4-9-19-15(22)10-20-16(23)11-21-17(12(2)3)13-5-7-14(18)8-6-13/h5-8,12,17,21H,4,9-11H2,1-3H3,(H,19,22)(H,20,23)/t17-/m1/s1. The number of hydrogen-bond donors (Lipinski definition) is 3. The molecule has 0 bridgehead atoms. The van der Waals surface area contributed by atoms with Gasteiger partial charge in [-0.25, -0.2) is 4.39 Å². The number of nitrogens with one attached hydrogen (secondary N) is 3. The maximum absolute atomic E-state index is 13.0. The first-order valence-corrected chi connectivity index (χ1v) is 7.96. The molecule has 0 aliphatic rings. The molecule has 0 saturated heterocycles. The summed E-state index contributed by atoms with van der Waals surface area (Å²) in [6, 6.07) is 6.18. The molecule has 128 valence electrons. The van der Waals surface area contributed by atoms with Gasteiger partial charge in [0.25, 0.3) is 0 Å². The Morgan fingerprint density at radius 1 is 1.04 bits per heavy atom. The fraction of sp³-hybridized carbons (Fsp3) is 0.529. The first-order valence-electron chi connectivity index (χ1n) is 7.96. The number of carbonyl (C=O) groups is 2. The van der Waals surface area contributed by atoms with Crippen molar-refractivity contribution >= 4 is 11.8 Å². The molecular weight excluding hydrogens is 297 g/mol. The molecule has 2 amide bonds. The van der Waals surface area contributed by atoms with Gasteiger partial charge in [-0.05, 0) is 30.0 Å². The number of carbonyl (C=O) groups excluding carboxylic acids is 2. The summed E-state index contributed by atoms with van der Waals surface area (Å²) < 4.78 is 13.0. The van der Waals surface area contributed by atoms with Gasteiger partial charge in [-0.1, -0.05) is 32.9 Å². The van der Waals surface area contributed by atoms with Crippen LogP contribution >= 0.6 is 0 Å². The molecule has 0 unspecified atom stereocenters. The minimum atomic E-state index is -0.285. The second-order valence-electron chi connectivity index (χ2n) is 5.78. The molecule has 0 heterocycles. The van der Waals surface area contributed by atoms with Crippen LogP contribution in [0.1, 0.15) is 38.8 Å². The Hall–Kier alpha value is -1.95. The molecule has 5 nitrogen and oxygen atoms in total. The molecule has 0 saturated carbocycles. The quantitative estimate of drug-likeness (QED) is 0.648. The third kappa shape index (κ3) is 7.23. The van der Waals surface area contributed by atoms with Crippen molar-refractivity contribution in [3.63, 3.8) is 0 Å². The maximum Gasteiger partial charge on any atom is 0.239 e. The highest BCUT2D eigenvalue weighted by atomic mass is 19.1. The highest BCUT2D eigenvalue weighted by Gasteiger charge is 2.16. The highest BCUT2D eigenvalue weighted by Crippen LogP contribution is 2.21. The van der Waals surface area contributed by atoms with Crippen LogP contribution in [0.4, 0.5) is 4.39 Å². The van der Waals surface area contributed by atoms with Gasteiger partial charge in [-0.3, -0.25) is 9.59 Å². The summed E-state index contributed by atoms with van der Waals surface area (Å²) in [6.45, 7) is 6.69. The Kier molecular flexibility index (Phi) is 8.26. The van der Waals surface area contributed by atoms with E-state index in [0.717, 1.165) is 12.0 Å². The zero-order valence-electron chi connectivity index (χ0n) is 14.0. The van der Waals surface area contributed by atoms with Crippen LogP contribution in [0.2, 0.25) is 0 Å². The van der Waals surface area contributed by atoms with Gasteiger partial charge in [0.05, 0.1) is 13.1 Å². The fourth-order valence-corrected chi connectivity index (χ4v) is 2.18. The van der Waals surface area contributed by atoms with E-state index in [4.69, 9.17) is 0 Å². The van der Waals surface area contributed by atoms with E-state index in [1.807, 2.05) is 20.8 Å². The monoisotopic (exact) mass is 323 g/mol. The lowest BCUT2D eigenvalue weighted by molar-refractivity contribution is -0.125. The first kappa shape index (κ1) is 19.1. The highest BCUT2D eigenvalue weighted by molar-refractivity contribution is 5.85. The van der Waals surface area contributed by atoms with Crippen LogP contribution < -0.4 is 16.0 Å². The van der Waals surface area contributed by atoms with Crippen LogP contribution in [-0.4, -0.2) is 31.4 Å². The van der Waals surface area contributed by atoms with Crippen LogP contribution in [-0.2, 0) is 9.59 Å². The summed E-state index contributed by atoms with van der Waals surface area (Å²) in [4.78, 5) is 23.2. The van der Waals surface area contributed by atoms with Gasteiger partial charge in [0, 0.05) is 12.6 Å². The average molecular weight is 323 g/mol. The molecule has 0 aliphatic heterocycles. The third-order valence-electron chi connectivity index (χ3n) is 3.40. The summed E-state index contributed by atoms with van der Waals surface area (Å²) in [5, 5.41) is 8.42. The van der Waals surface area contributed by atoms with E-state index in [1.165, 1.54) is 12.1 Å². The van der Waals surface area contributed by atoms with E-state index in [-0.39, 0.29) is 42.7 Å². The van der Waals surface area contributed by atoms with Gasteiger partial charge in [0.2, 0.25) is 11.8 Å². The van der Waals surface area contributed by atoms with E-state index in [0.29, 0.717) is 6.54 Å². The van der Waals surface area contributed by atoms with Gasteiger partial charge < -0.3 is 16.0 Å². The van der Waals surface area contributed by atoms with Crippen molar-refractivity contribution in [2.75, 3.05) is 19.6 Å². The lowest BCUT2D eigenvalue weighted by Crippen LogP contribution is -2.42. The Morgan fingerprint density at radius 2 is 1.65 bits per heavy atom. The number of halogens is 1. The van der Waals surface area contributed by atoms with Gasteiger partial charge in [0.15, 0.2) is 0 Å². The summed E-state index contributed by atoms with van der Waals surface area (Å²) in [5.74, 6) is -0.489. The molecule has 0 radical (unpaired) electrons. The summed E-state index contributed by atoms with van der Waals surface area (Å²) in [7, 11) is 0. The number of amides is 2. The normalized spacial score (nSPS) is 12.0. The molecule has 23 heavy (non-hydrogen) atoms. The lowest BCUT2D eigenvalue weighted by Gasteiger charge is -2.22. The van der Waals surface area contributed by atoms with Crippen molar-refractivity contribution in [3.8, 4) is 0 Å². The predicted octanol–water partition coefficient (Wildman–Crippen LogP) is 1.75. The SMILES string of the molecule is CCCNC(=O)CNC(=O)CN[C@@H](c1ccc(F)cc1)C(C)C. The van der Waals surface area contributed by atoms with Crippen molar-refractivity contribution in [2.45, 2.75) is 33.2 Å². The van der Waals surface area contributed by atoms with Crippen LogP contribution in [0.5, 0.6) is 0 Å². The fourth-order valence-electron chi connectivity index (χ4n) is 2.18. The van der Waals surface area contributed by atoms with Crippen LogP contribution in [0.25, 0.3) is 0 Å². The Balaban J connectivity index is 2.44. The number of rotatable bonds is 9. The Morgan fingerprint density at radius 3 is 2.22 bits per heavy atom. The van der Waals surface area contributed by atoms with E-state index in [2.05, 4.69) is 16.0 Å². The molecule has 0 aromatic heterocycles. The number of hydrogen-bond acceptors (Lipinski definition) is 3. The largest absolute Gasteiger partial charge is 0.355 e. The van der Waals surface area contributed by atoms with Gasteiger partial charge in [-0.15, -0.1) is 0 Å². The second kappa shape index (κ2) is 9.94. The molecular formula is C17H26FN3O2. The molecule has 3 N–H and O–H groups in total. The van der Waals surface area contributed by atoms with Crippen molar-refractivity contribution in [1.82, 2.24) is 16.0 Å². The minimum Gasteiger partial charge on any atom is -0.355 e. The van der Waals surface area contributed by atoms with Crippen LogP contribution in [0, 0.1) is 11.7 Å². The topological polar surface area (TPSA) is 70.2 Å². The molecule has 0 spiro atoms. The Labute approximate surface area is 137 Å². The average Bonchev–Trinajstić information content (AvgIpc) is 2.52. The van der Waals surface area contributed by atoms with Crippen molar-refractivity contribution in [3.05, 3.63) is 35.6 Å². The third-order valence-corrected chi connectivity index (χ3v) is 3.40. The number of benzene rings is 1. The summed E-state index contributed by atoms with van der Waals surface area (Å²) >= 11 is 0. The van der Waals surface area contributed by atoms with E-state index >= 15 is 0 Å². The zero-order valence-corrected chi connectivity index (χ0v) is 14.0. The molecule has 1 rings (SSSR count). The molecule has 1 aromatic carbocycles. The molecule has 0 fully saturated rings. The summed E-state index contributed by atoms with van der Waals surface area (Å²) in [5.41, 5.74) is 0.926. The maximum atomic E-state index is 13.0. The lowest BCUT2D eigenvalue weighted by atomic mass is 9.96. The minimum absolute atomic E-state index is 0.0244. The first-order chi connectivity index (χ1) is 10.9. The van der Waals surface area contributed by atoms with Gasteiger partial charge in [0.1, 0.15) is 5.82 Å². The van der Waals surface area contributed by atoms with Crippen LogP contribution in [0.3, 0.4) is 0 Å². The molecule has 1 aromatic rings. The smallest absolute Gasteiger partial charge is 0.239 e. The second-order valence-corrected chi connectivity index (χ2v) is 5.78. The zero-order chi connectivity index (χ0) is 17.2.